The van der Waals surface area contributed by atoms with Gasteiger partial charge < -0.3 is 10.1 Å². The van der Waals surface area contributed by atoms with Crippen LogP contribution in [-0.4, -0.2) is 31.2 Å². The standard InChI is InChI=1S/C23H27N3O3S/c1-13(2)18-11-19-20(12-21(18)29-5)25-15(4)26-23(19)24-14(3)16-7-6-8-22-17(16)9-10-30(22,27)28/h6-8,11-14H,9-10H2,1-5H3,(H,24,25,26)/t14-/m1/s1. The van der Waals surface area contributed by atoms with E-state index in [0.29, 0.717) is 23.1 Å². The highest BCUT2D eigenvalue weighted by Gasteiger charge is 2.29. The van der Waals surface area contributed by atoms with Crippen molar-refractivity contribution in [3.05, 3.63) is 52.8 Å². The lowest BCUT2D eigenvalue weighted by molar-refractivity contribution is 0.408. The summed E-state index contributed by atoms with van der Waals surface area (Å²) in [4.78, 5) is 9.72. The van der Waals surface area contributed by atoms with Crippen LogP contribution in [0.4, 0.5) is 5.82 Å². The fourth-order valence-corrected chi connectivity index (χ4v) is 5.78. The summed E-state index contributed by atoms with van der Waals surface area (Å²) in [5.41, 5.74) is 3.83. The van der Waals surface area contributed by atoms with Crippen LogP contribution in [0.1, 0.15) is 55.2 Å². The fourth-order valence-electron chi connectivity index (χ4n) is 4.20. The van der Waals surface area contributed by atoms with Crippen molar-refractivity contribution in [2.24, 2.45) is 0 Å². The topological polar surface area (TPSA) is 81.2 Å². The molecule has 0 radical (unpaired) electrons. The van der Waals surface area contributed by atoms with Crippen LogP contribution in [-0.2, 0) is 16.3 Å². The van der Waals surface area contributed by atoms with Crippen molar-refractivity contribution < 1.29 is 13.2 Å². The van der Waals surface area contributed by atoms with Crippen molar-refractivity contribution in [2.45, 2.75) is 51.0 Å². The van der Waals surface area contributed by atoms with Crippen LogP contribution < -0.4 is 10.1 Å². The van der Waals surface area contributed by atoms with Gasteiger partial charge in [-0.3, -0.25) is 0 Å². The Morgan fingerprint density at radius 2 is 1.87 bits per heavy atom. The van der Waals surface area contributed by atoms with E-state index in [4.69, 9.17) is 4.74 Å². The monoisotopic (exact) mass is 425 g/mol. The number of benzene rings is 2. The van der Waals surface area contributed by atoms with Gasteiger partial charge in [-0.15, -0.1) is 0 Å². The number of hydrogen-bond acceptors (Lipinski definition) is 6. The van der Waals surface area contributed by atoms with E-state index < -0.39 is 9.84 Å². The first kappa shape index (κ1) is 20.6. The summed E-state index contributed by atoms with van der Waals surface area (Å²) in [7, 11) is -1.49. The number of fused-ring (bicyclic) bond motifs is 2. The zero-order valence-electron chi connectivity index (χ0n) is 18.0. The molecule has 6 nitrogen and oxygen atoms in total. The van der Waals surface area contributed by atoms with Gasteiger partial charge in [-0.05, 0) is 55.0 Å². The highest BCUT2D eigenvalue weighted by molar-refractivity contribution is 7.91. The molecule has 0 unspecified atom stereocenters. The van der Waals surface area contributed by atoms with Gasteiger partial charge in [0.1, 0.15) is 17.4 Å². The van der Waals surface area contributed by atoms with E-state index in [9.17, 15) is 8.42 Å². The number of rotatable bonds is 5. The second-order valence-electron chi connectivity index (χ2n) is 8.14. The number of nitrogens with one attached hydrogen (secondary N) is 1. The fraction of sp³-hybridized carbons (Fsp3) is 0.391. The van der Waals surface area contributed by atoms with Gasteiger partial charge in [0.15, 0.2) is 9.84 Å². The first-order valence-corrected chi connectivity index (χ1v) is 11.8. The summed E-state index contributed by atoms with van der Waals surface area (Å²) in [6.07, 6.45) is 0.554. The largest absolute Gasteiger partial charge is 0.496 e. The van der Waals surface area contributed by atoms with E-state index in [1.165, 1.54) is 0 Å². The molecule has 1 aliphatic rings. The second-order valence-corrected chi connectivity index (χ2v) is 10.2. The molecule has 1 N–H and O–H groups in total. The maximum atomic E-state index is 12.3. The van der Waals surface area contributed by atoms with Crippen molar-refractivity contribution in [1.29, 1.82) is 0 Å². The van der Waals surface area contributed by atoms with Crippen LogP contribution in [0.25, 0.3) is 10.9 Å². The quantitative estimate of drug-likeness (QED) is 0.645. The third kappa shape index (κ3) is 3.51. The maximum Gasteiger partial charge on any atom is 0.178 e. The summed E-state index contributed by atoms with van der Waals surface area (Å²) in [5, 5.41) is 4.44. The van der Waals surface area contributed by atoms with Crippen molar-refractivity contribution in [3.63, 3.8) is 0 Å². The minimum absolute atomic E-state index is 0.102. The van der Waals surface area contributed by atoms with Gasteiger partial charge in [0.25, 0.3) is 0 Å². The van der Waals surface area contributed by atoms with Crippen LogP contribution >= 0.6 is 0 Å². The molecule has 2 aromatic carbocycles. The number of sulfone groups is 1. The molecule has 0 fully saturated rings. The summed E-state index contributed by atoms with van der Waals surface area (Å²) in [6.45, 7) is 8.16. The van der Waals surface area contributed by atoms with Gasteiger partial charge in [-0.25, -0.2) is 18.4 Å². The van der Waals surface area contributed by atoms with E-state index in [2.05, 4.69) is 35.2 Å². The lowest BCUT2D eigenvalue weighted by atomic mass is 9.98. The molecule has 0 spiro atoms. The molecule has 1 atom stereocenters. The van der Waals surface area contributed by atoms with Gasteiger partial charge in [0, 0.05) is 11.5 Å². The average Bonchev–Trinajstić information content (AvgIpc) is 3.01. The molecule has 3 aromatic rings. The minimum Gasteiger partial charge on any atom is -0.496 e. The van der Waals surface area contributed by atoms with Crippen molar-refractivity contribution in [2.75, 3.05) is 18.2 Å². The van der Waals surface area contributed by atoms with E-state index in [-0.39, 0.29) is 11.8 Å². The molecule has 1 aromatic heterocycles. The molecule has 0 saturated heterocycles. The molecule has 0 bridgehead atoms. The summed E-state index contributed by atoms with van der Waals surface area (Å²) < 4.78 is 30.2. The molecule has 0 amide bonds. The average molecular weight is 426 g/mol. The molecule has 158 valence electrons. The number of aromatic nitrogens is 2. The molecular formula is C23H27N3O3S. The first-order chi connectivity index (χ1) is 14.2. The van der Waals surface area contributed by atoms with Gasteiger partial charge in [0.2, 0.25) is 0 Å². The maximum absolute atomic E-state index is 12.3. The van der Waals surface area contributed by atoms with Crippen LogP contribution in [0.3, 0.4) is 0 Å². The Balaban J connectivity index is 1.79. The second kappa shape index (κ2) is 7.54. The van der Waals surface area contributed by atoms with Gasteiger partial charge in [0.05, 0.1) is 29.3 Å². The number of hydrogen-bond donors (Lipinski definition) is 1. The van der Waals surface area contributed by atoms with Gasteiger partial charge in [-0.2, -0.15) is 0 Å². The summed E-state index contributed by atoms with van der Waals surface area (Å²) >= 11 is 0. The lowest BCUT2D eigenvalue weighted by Crippen LogP contribution is -2.12. The van der Waals surface area contributed by atoms with Crippen molar-refractivity contribution in [3.8, 4) is 5.75 Å². The van der Waals surface area contributed by atoms with Crippen molar-refractivity contribution >= 4 is 26.6 Å². The van der Waals surface area contributed by atoms with E-state index in [1.54, 1.807) is 13.2 Å². The molecule has 4 rings (SSSR count). The Morgan fingerprint density at radius 3 is 2.57 bits per heavy atom. The predicted molar refractivity (Wildman–Crippen MR) is 119 cm³/mol. The zero-order chi connectivity index (χ0) is 21.6. The van der Waals surface area contributed by atoms with Crippen molar-refractivity contribution in [1.82, 2.24) is 9.97 Å². The van der Waals surface area contributed by atoms with E-state index >= 15 is 0 Å². The molecule has 30 heavy (non-hydrogen) atoms. The van der Waals surface area contributed by atoms with Crippen LogP contribution in [0.2, 0.25) is 0 Å². The van der Waals surface area contributed by atoms with E-state index in [1.807, 2.05) is 32.0 Å². The Bertz CT molecular complexity index is 1240. The first-order valence-electron chi connectivity index (χ1n) is 10.2. The SMILES string of the molecule is COc1cc2nc(C)nc(N[C@H](C)c3cccc4c3CCS4(=O)=O)c2cc1C(C)C. The molecule has 2 heterocycles. The van der Waals surface area contributed by atoms with Gasteiger partial charge in [-0.1, -0.05) is 26.0 Å². The molecule has 7 heteroatoms. The number of aryl methyl sites for hydroxylation is 1. The zero-order valence-corrected chi connectivity index (χ0v) is 18.8. The lowest BCUT2D eigenvalue weighted by Gasteiger charge is -2.20. The highest BCUT2D eigenvalue weighted by Crippen LogP contribution is 2.36. The Hall–Kier alpha value is -2.67. The molecule has 0 aliphatic carbocycles. The molecule has 0 saturated carbocycles. The number of anilines is 1. The Morgan fingerprint density at radius 1 is 1.10 bits per heavy atom. The molecular weight excluding hydrogens is 398 g/mol. The van der Waals surface area contributed by atoms with Crippen LogP contribution in [0.15, 0.2) is 35.2 Å². The normalized spacial score (nSPS) is 15.9. The smallest absolute Gasteiger partial charge is 0.178 e. The Kier molecular flexibility index (Phi) is 5.18. The Labute approximate surface area is 177 Å². The number of nitrogens with zero attached hydrogens (tertiary/aromatic N) is 2. The summed E-state index contributed by atoms with van der Waals surface area (Å²) in [6, 6.07) is 9.47. The van der Waals surface area contributed by atoms with Gasteiger partial charge >= 0.3 is 0 Å². The molecule has 1 aliphatic heterocycles. The van der Waals surface area contributed by atoms with Crippen LogP contribution in [0, 0.1) is 6.92 Å². The minimum atomic E-state index is -3.17. The third-order valence-corrected chi connectivity index (χ3v) is 7.52. The number of methoxy groups -OCH3 is 1. The third-order valence-electron chi connectivity index (χ3n) is 5.73. The predicted octanol–water partition coefficient (Wildman–Crippen LogP) is 4.57. The highest BCUT2D eigenvalue weighted by atomic mass is 32.2. The van der Waals surface area contributed by atoms with E-state index in [0.717, 1.165) is 39.2 Å². The van der Waals surface area contributed by atoms with Crippen LogP contribution in [0.5, 0.6) is 5.75 Å². The summed E-state index contributed by atoms with van der Waals surface area (Å²) in [5.74, 6) is 2.70. The number of ether oxygens (including phenoxy) is 1.